The number of anilines is 1. The summed E-state index contributed by atoms with van der Waals surface area (Å²) in [6.45, 7) is 0.734. The Morgan fingerprint density at radius 1 is 1.43 bits per heavy atom. The average molecular weight is 369 g/mol. The molecule has 2 unspecified atom stereocenters. The van der Waals surface area contributed by atoms with Crippen molar-refractivity contribution in [3.8, 4) is 0 Å². The van der Waals surface area contributed by atoms with Gasteiger partial charge in [-0.15, -0.1) is 0 Å². The Morgan fingerprint density at radius 2 is 2.30 bits per heavy atom. The Bertz CT molecular complexity index is 850. The molecule has 0 aliphatic carbocycles. The SMILES string of the molecule is O=S(=O)(Nc1ccc2c(c1)C=CNC2)C1C(Cl)N=C2SC=CN21. The lowest BCUT2D eigenvalue weighted by molar-refractivity contribution is 0.504. The third-order valence-corrected chi connectivity index (χ3v) is 6.67. The van der Waals surface area contributed by atoms with E-state index in [4.69, 9.17) is 11.6 Å². The Morgan fingerprint density at radius 3 is 3.17 bits per heavy atom. The number of hydrogen-bond acceptors (Lipinski definition) is 6. The maximum absolute atomic E-state index is 12.7. The number of aliphatic imine (C=N–C) groups is 1. The smallest absolute Gasteiger partial charge is 0.257 e. The van der Waals surface area contributed by atoms with Crippen LogP contribution in [0.15, 0.2) is 41.0 Å². The van der Waals surface area contributed by atoms with Gasteiger partial charge in [0.2, 0.25) is 0 Å². The minimum atomic E-state index is -3.72. The fraction of sp³-hybridized carbons (Fsp3) is 0.214. The van der Waals surface area contributed by atoms with Gasteiger partial charge in [0.1, 0.15) is 0 Å². The first-order valence-corrected chi connectivity index (χ1v) is 9.79. The van der Waals surface area contributed by atoms with Crippen LogP contribution in [0.4, 0.5) is 5.69 Å². The molecule has 1 aromatic rings. The first kappa shape index (κ1) is 14.9. The van der Waals surface area contributed by atoms with Crippen molar-refractivity contribution in [3.05, 3.63) is 47.1 Å². The fourth-order valence-corrected chi connectivity index (χ4v) is 5.62. The monoisotopic (exact) mass is 368 g/mol. The number of hydrogen-bond donors (Lipinski definition) is 2. The van der Waals surface area contributed by atoms with Gasteiger partial charge in [-0.25, -0.2) is 13.4 Å². The van der Waals surface area contributed by atoms with E-state index >= 15 is 0 Å². The number of amidine groups is 1. The van der Waals surface area contributed by atoms with E-state index < -0.39 is 20.9 Å². The minimum absolute atomic E-state index is 0.517. The van der Waals surface area contributed by atoms with Crippen LogP contribution in [0.5, 0.6) is 0 Å². The molecular weight excluding hydrogens is 356 g/mol. The molecule has 0 aromatic heterocycles. The molecule has 3 aliphatic heterocycles. The number of nitrogens with one attached hydrogen (secondary N) is 2. The summed E-state index contributed by atoms with van der Waals surface area (Å²) >= 11 is 7.50. The summed E-state index contributed by atoms with van der Waals surface area (Å²) in [6, 6.07) is 5.48. The summed E-state index contributed by atoms with van der Waals surface area (Å²) in [4.78, 5) is 5.77. The van der Waals surface area contributed by atoms with E-state index in [2.05, 4.69) is 15.0 Å². The second-order valence-electron chi connectivity index (χ2n) is 5.26. The highest BCUT2D eigenvalue weighted by Gasteiger charge is 2.45. The minimum Gasteiger partial charge on any atom is -0.387 e. The number of nitrogens with zero attached hydrogens (tertiary/aromatic N) is 2. The van der Waals surface area contributed by atoms with Gasteiger partial charge in [-0.2, -0.15) is 0 Å². The Balaban J connectivity index is 1.61. The molecule has 0 saturated heterocycles. The molecule has 4 rings (SSSR count). The quantitative estimate of drug-likeness (QED) is 0.632. The molecule has 3 heterocycles. The van der Waals surface area contributed by atoms with E-state index in [1.807, 2.05) is 24.4 Å². The lowest BCUT2D eigenvalue weighted by atomic mass is 10.0. The maximum Gasteiger partial charge on any atom is 0.257 e. The maximum atomic E-state index is 12.7. The van der Waals surface area contributed by atoms with Gasteiger partial charge in [0, 0.05) is 18.4 Å². The van der Waals surface area contributed by atoms with Crippen molar-refractivity contribution in [1.82, 2.24) is 10.2 Å². The van der Waals surface area contributed by atoms with Crippen molar-refractivity contribution in [1.29, 1.82) is 0 Å². The molecule has 0 fully saturated rings. The van der Waals surface area contributed by atoms with E-state index in [0.717, 1.165) is 17.7 Å². The number of fused-ring (bicyclic) bond motifs is 2. The number of alkyl halides is 1. The third kappa shape index (κ3) is 2.60. The molecule has 1 aromatic carbocycles. The molecule has 0 saturated carbocycles. The summed E-state index contributed by atoms with van der Waals surface area (Å²) < 4.78 is 28.1. The van der Waals surface area contributed by atoms with Crippen molar-refractivity contribution < 1.29 is 8.42 Å². The van der Waals surface area contributed by atoms with Gasteiger partial charge in [0.25, 0.3) is 10.0 Å². The largest absolute Gasteiger partial charge is 0.387 e. The zero-order chi connectivity index (χ0) is 16.0. The van der Waals surface area contributed by atoms with Crippen molar-refractivity contribution in [2.45, 2.75) is 17.4 Å². The molecule has 9 heteroatoms. The van der Waals surface area contributed by atoms with Gasteiger partial charge in [-0.05, 0) is 40.9 Å². The van der Waals surface area contributed by atoms with E-state index in [1.54, 1.807) is 22.6 Å². The average Bonchev–Trinajstić information content (AvgIpc) is 3.06. The lowest BCUT2D eigenvalue weighted by Gasteiger charge is -2.23. The normalized spacial score (nSPS) is 24.9. The predicted molar refractivity (Wildman–Crippen MR) is 94.3 cm³/mol. The zero-order valence-corrected chi connectivity index (χ0v) is 14.2. The molecule has 23 heavy (non-hydrogen) atoms. The molecule has 0 spiro atoms. The van der Waals surface area contributed by atoms with Crippen LogP contribution in [-0.4, -0.2) is 29.4 Å². The van der Waals surface area contributed by atoms with E-state index in [1.165, 1.54) is 11.8 Å². The van der Waals surface area contributed by atoms with Crippen molar-refractivity contribution >= 4 is 50.3 Å². The highest BCUT2D eigenvalue weighted by molar-refractivity contribution is 8.16. The van der Waals surface area contributed by atoms with Gasteiger partial charge in [-0.1, -0.05) is 29.4 Å². The van der Waals surface area contributed by atoms with E-state index in [-0.39, 0.29) is 0 Å². The second kappa shape index (κ2) is 5.47. The topological polar surface area (TPSA) is 73.8 Å². The molecule has 2 N–H and O–H groups in total. The number of halogens is 1. The van der Waals surface area contributed by atoms with Crippen LogP contribution < -0.4 is 10.0 Å². The first-order chi connectivity index (χ1) is 11.0. The molecule has 120 valence electrons. The van der Waals surface area contributed by atoms with E-state index in [0.29, 0.717) is 10.9 Å². The Labute approximate surface area is 143 Å². The van der Waals surface area contributed by atoms with Crippen LogP contribution in [0.25, 0.3) is 6.08 Å². The summed E-state index contributed by atoms with van der Waals surface area (Å²) in [5.41, 5.74) is 1.80. The number of benzene rings is 1. The Kier molecular flexibility index (Phi) is 3.55. The number of thioether (sulfide) groups is 1. The fourth-order valence-electron chi connectivity index (χ4n) is 2.69. The number of rotatable bonds is 3. The Hall–Kier alpha value is -1.64. The second-order valence-corrected chi connectivity index (χ2v) is 8.36. The van der Waals surface area contributed by atoms with E-state index in [9.17, 15) is 8.42 Å². The van der Waals surface area contributed by atoms with Crippen molar-refractivity contribution in [2.24, 2.45) is 4.99 Å². The van der Waals surface area contributed by atoms with Crippen molar-refractivity contribution in [2.75, 3.05) is 4.72 Å². The standard InChI is InChI=1S/C14H13ClN4O2S2/c15-12-13(19-5-6-22-14(19)17-12)23(20,21)18-11-2-1-10-8-16-4-3-9(10)7-11/h1-7,12-13,16,18H,8H2. The molecule has 0 bridgehead atoms. The predicted octanol–water partition coefficient (Wildman–Crippen LogP) is 2.28. The van der Waals surface area contributed by atoms with Gasteiger partial charge >= 0.3 is 0 Å². The van der Waals surface area contributed by atoms with Crippen LogP contribution in [0.1, 0.15) is 11.1 Å². The molecule has 3 aliphatic rings. The zero-order valence-electron chi connectivity index (χ0n) is 11.8. The molecule has 2 atom stereocenters. The lowest BCUT2D eigenvalue weighted by Crippen LogP contribution is -2.42. The van der Waals surface area contributed by atoms with Gasteiger partial charge < -0.3 is 10.2 Å². The van der Waals surface area contributed by atoms with Crippen LogP contribution in [-0.2, 0) is 16.6 Å². The van der Waals surface area contributed by atoms with Gasteiger partial charge in [-0.3, -0.25) is 4.72 Å². The van der Waals surface area contributed by atoms with Crippen LogP contribution in [0.3, 0.4) is 0 Å². The highest BCUT2D eigenvalue weighted by Crippen LogP contribution is 2.35. The van der Waals surface area contributed by atoms with Crippen LogP contribution >= 0.6 is 23.4 Å². The number of sulfonamides is 1. The highest BCUT2D eigenvalue weighted by atomic mass is 35.5. The van der Waals surface area contributed by atoms with Crippen molar-refractivity contribution in [3.63, 3.8) is 0 Å². The molecule has 6 nitrogen and oxygen atoms in total. The summed E-state index contributed by atoms with van der Waals surface area (Å²) in [5.74, 6) is 0. The van der Waals surface area contributed by atoms with Gasteiger partial charge in [0.15, 0.2) is 16.0 Å². The molecule has 0 amide bonds. The van der Waals surface area contributed by atoms with Crippen LogP contribution in [0, 0.1) is 0 Å². The summed E-state index contributed by atoms with van der Waals surface area (Å²) in [5, 5.41) is 4.57. The van der Waals surface area contributed by atoms with Gasteiger partial charge in [0.05, 0.1) is 0 Å². The summed E-state index contributed by atoms with van der Waals surface area (Å²) in [7, 11) is -3.72. The molecular formula is C14H13ClN4O2S2. The van der Waals surface area contributed by atoms with Crippen LogP contribution in [0.2, 0.25) is 0 Å². The first-order valence-electron chi connectivity index (χ1n) is 6.93. The third-order valence-electron chi connectivity index (χ3n) is 3.76. The molecule has 0 radical (unpaired) electrons. The summed E-state index contributed by atoms with van der Waals surface area (Å²) in [6.07, 6.45) is 5.45.